The molecule has 128 valence electrons. The number of carbonyl (C=O) groups excluding carboxylic acids is 1. The molecule has 2 aromatic rings. The van der Waals surface area contributed by atoms with Crippen molar-refractivity contribution in [2.75, 3.05) is 19.7 Å². The molecule has 6 nitrogen and oxygen atoms in total. The Labute approximate surface area is 145 Å². The molecule has 1 amide bonds. The number of nitrogens with zero attached hydrogens (tertiary/aromatic N) is 3. The van der Waals surface area contributed by atoms with Crippen LogP contribution >= 0.6 is 11.6 Å². The van der Waals surface area contributed by atoms with Crippen LogP contribution in [-0.4, -0.2) is 40.6 Å². The second-order valence-corrected chi connectivity index (χ2v) is 6.33. The van der Waals surface area contributed by atoms with Gasteiger partial charge in [0.15, 0.2) is 5.82 Å². The second kappa shape index (κ2) is 7.66. The molecular weight excluding hydrogens is 330 g/mol. The smallest absolute Gasteiger partial charge is 0.229 e. The van der Waals surface area contributed by atoms with Crippen molar-refractivity contribution in [2.24, 2.45) is 0 Å². The van der Waals surface area contributed by atoms with Crippen LogP contribution in [0.2, 0.25) is 5.02 Å². The summed E-state index contributed by atoms with van der Waals surface area (Å²) in [5.41, 5.74) is 0. The molecule has 3 rings (SSSR count). The number of likely N-dealkylation sites (tertiary alicyclic amines) is 1. The fraction of sp³-hybridized carbons (Fsp3) is 0.471. The molecule has 0 N–H and O–H groups in total. The third-order valence-electron chi connectivity index (χ3n) is 4.12. The minimum atomic E-state index is 0.109. The van der Waals surface area contributed by atoms with Gasteiger partial charge in [-0.25, -0.2) is 0 Å². The SMILES string of the molecule is Cc1noc(C2CCN(C(=O)CCOc3cccc(Cl)c3)CC2)n1. The van der Waals surface area contributed by atoms with Crippen molar-refractivity contribution in [1.29, 1.82) is 0 Å². The molecule has 24 heavy (non-hydrogen) atoms. The minimum absolute atomic E-state index is 0.109. The van der Waals surface area contributed by atoms with Crippen LogP contribution in [0.5, 0.6) is 5.75 Å². The first-order chi connectivity index (χ1) is 11.6. The summed E-state index contributed by atoms with van der Waals surface area (Å²) >= 11 is 5.90. The Balaban J connectivity index is 1.42. The van der Waals surface area contributed by atoms with Gasteiger partial charge in [0.05, 0.1) is 13.0 Å². The Bertz CT molecular complexity index is 696. The van der Waals surface area contributed by atoms with Crippen molar-refractivity contribution in [3.05, 3.63) is 41.0 Å². The Kier molecular flexibility index (Phi) is 5.35. The van der Waals surface area contributed by atoms with Crippen LogP contribution in [0.3, 0.4) is 0 Å². The summed E-state index contributed by atoms with van der Waals surface area (Å²) in [5, 5.41) is 4.45. The zero-order chi connectivity index (χ0) is 16.9. The van der Waals surface area contributed by atoms with Crippen molar-refractivity contribution in [3.63, 3.8) is 0 Å². The highest BCUT2D eigenvalue weighted by atomic mass is 35.5. The van der Waals surface area contributed by atoms with Crippen LogP contribution in [0.25, 0.3) is 0 Å². The number of aryl methyl sites for hydroxylation is 1. The van der Waals surface area contributed by atoms with E-state index in [1.165, 1.54) is 0 Å². The average molecular weight is 350 g/mol. The molecule has 7 heteroatoms. The number of piperidine rings is 1. The fourth-order valence-electron chi connectivity index (χ4n) is 2.83. The Morgan fingerprint density at radius 1 is 1.42 bits per heavy atom. The number of carbonyl (C=O) groups is 1. The van der Waals surface area contributed by atoms with Crippen LogP contribution in [0.15, 0.2) is 28.8 Å². The Morgan fingerprint density at radius 3 is 2.88 bits per heavy atom. The number of hydrogen-bond acceptors (Lipinski definition) is 5. The lowest BCUT2D eigenvalue weighted by Crippen LogP contribution is -2.38. The zero-order valence-electron chi connectivity index (χ0n) is 13.6. The fourth-order valence-corrected chi connectivity index (χ4v) is 3.01. The summed E-state index contributed by atoms with van der Waals surface area (Å²) in [5.74, 6) is 2.38. The van der Waals surface area contributed by atoms with Gasteiger partial charge in [-0.3, -0.25) is 4.79 Å². The summed E-state index contributed by atoms with van der Waals surface area (Å²) in [6.07, 6.45) is 2.06. The number of ether oxygens (including phenoxy) is 1. The van der Waals surface area contributed by atoms with Gasteiger partial charge in [-0.1, -0.05) is 22.8 Å². The molecule has 2 heterocycles. The largest absolute Gasteiger partial charge is 0.493 e. The van der Waals surface area contributed by atoms with E-state index in [0.717, 1.165) is 12.8 Å². The van der Waals surface area contributed by atoms with Crippen molar-refractivity contribution in [2.45, 2.75) is 32.1 Å². The Morgan fingerprint density at radius 2 is 2.21 bits per heavy atom. The van der Waals surface area contributed by atoms with E-state index in [2.05, 4.69) is 10.1 Å². The number of rotatable bonds is 5. The van der Waals surface area contributed by atoms with Gasteiger partial charge in [0.25, 0.3) is 0 Å². The number of halogens is 1. The predicted molar refractivity (Wildman–Crippen MR) is 89.2 cm³/mol. The normalized spacial score (nSPS) is 15.5. The maximum atomic E-state index is 12.3. The van der Waals surface area contributed by atoms with Crippen LogP contribution in [0.4, 0.5) is 0 Å². The summed E-state index contributed by atoms with van der Waals surface area (Å²) < 4.78 is 10.8. The lowest BCUT2D eigenvalue weighted by atomic mass is 9.96. The standard InChI is InChI=1S/C17H20ClN3O3/c1-12-19-17(24-20-12)13-5-8-21(9-6-13)16(22)7-10-23-15-4-2-3-14(18)11-15/h2-4,11,13H,5-10H2,1H3. The maximum Gasteiger partial charge on any atom is 0.229 e. The molecule has 1 aromatic carbocycles. The van der Waals surface area contributed by atoms with Gasteiger partial charge in [-0.15, -0.1) is 0 Å². The van der Waals surface area contributed by atoms with Crippen molar-refractivity contribution in [1.82, 2.24) is 15.0 Å². The molecule has 1 saturated heterocycles. The van der Waals surface area contributed by atoms with Crippen LogP contribution in [0, 0.1) is 6.92 Å². The quantitative estimate of drug-likeness (QED) is 0.829. The summed E-state index contributed by atoms with van der Waals surface area (Å²) in [6, 6.07) is 7.18. The van der Waals surface area contributed by atoms with Crippen LogP contribution < -0.4 is 4.74 Å². The molecule has 0 unspecified atom stereocenters. The molecule has 1 aromatic heterocycles. The first-order valence-electron chi connectivity index (χ1n) is 8.08. The highest BCUT2D eigenvalue weighted by Crippen LogP contribution is 2.27. The molecule has 0 aliphatic carbocycles. The summed E-state index contributed by atoms with van der Waals surface area (Å²) in [4.78, 5) is 18.4. The molecule has 0 spiro atoms. The van der Waals surface area contributed by atoms with Gasteiger partial charge >= 0.3 is 0 Å². The van der Waals surface area contributed by atoms with E-state index in [0.29, 0.717) is 48.6 Å². The van der Waals surface area contributed by atoms with Crippen molar-refractivity contribution in [3.8, 4) is 5.75 Å². The Hall–Kier alpha value is -2.08. The summed E-state index contributed by atoms with van der Waals surface area (Å²) in [7, 11) is 0. The highest BCUT2D eigenvalue weighted by molar-refractivity contribution is 6.30. The van der Waals surface area contributed by atoms with Crippen LogP contribution in [-0.2, 0) is 4.79 Å². The second-order valence-electron chi connectivity index (χ2n) is 5.89. The van der Waals surface area contributed by atoms with Gasteiger partial charge in [0.1, 0.15) is 5.75 Å². The first kappa shape index (κ1) is 16.8. The zero-order valence-corrected chi connectivity index (χ0v) is 14.3. The number of hydrogen-bond donors (Lipinski definition) is 0. The molecule has 1 fully saturated rings. The number of amides is 1. The van der Waals surface area contributed by atoms with Gasteiger partial charge in [-0.05, 0) is 38.0 Å². The average Bonchev–Trinajstić information content (AvgIpc) is 3.01. The van der Waals surface area contributed by atoms with Gasteiger partial charge in [-0.2, -0.15) is 4.98 Å². The van der Waals surface area contributed by atoms with Gasteiger partial charge < -0.3 is 14.2 Å². The third kappa shape index (κ3) is 4.26. The first-order valence-corrected chi connectivity index (χ1v) is 8.46. The van der Waals surface area contributed by atoms with Crippen molar-refractivity contribution < 1.29 is 14.1 Å². The molecule has 0 radical (unpaired) electrons. The number of benzene rings is 1. The van der Waals surface area contributed by atoms with E-state index in [1.807, 2.05) is 24.0 Å². The molecular formula is C17H20ClN3O3. The monoisotopic (exact) mass is 349 g/mol. The van der Waals surface area contributed by atoms with Gasteiger partial charge in [0, 0.05) is 24.0 Å². The summed E-state index contributed by atoms with van der Waals surface area (Å²) in [6.45, 7) is 3.58. The van der Waals surface area contributed by atoms with Crippen molar-refractivity contribution >= 4 is 17.5 Å². The molecule has 0 atom stereocenters. The molecule has 1 aliphatic rings. The topological polar surface area (TPSA) is 68.5 Å². The lowest BCUT2D eigenvalue weighted by molar-refractivity contribution is -0.132. The minimum Gasteiger partial charge on any atom is -0.493 e. The van der Waals surface area contributed by atoms with E-state index in [1.54, 1.807) is 12.1 Å². The van der Waals surface area contributed by atoms with E-state index in [9.17, 15) is 4.79 Å². The highest BCUT2D eigenvalue weighted by Gasteiger charge is 2.26. The van der Waals surface area contributed by atoms with E-state index in [4.69, 9.17) is 20.9 Å². The molecule has 0 bridgehead atoms. The van der Waals surface area contributed by atoms with Gasteiger partial charge in [0.2, 0.25) is 11.8 Å². The molecule has 1 aliphatic heterocycles. The maximum absolute atomic E-state index is 12.3. The van der Waals surface area contributed by atoms with Crippen LogP contribution in [0.1, 0.15) is 36.9 Å². The van der Waals surface area contributed by atoms with E-state index < -0.39 is 0 Å². The lowest BCUT2D eigenvalue weighted by Gasteiger charge is -2.30. The van der Waals surface area contributed by atoms with E-state index >= 15 is 0 Å². The third-order valence-corrected chi connectivity index (χ3v) is 4.36. The predicted octanol–water partition coefficient (Wildman–Crippen LogP) is 3.21. The number of aromatic nitrogens is 2. The van der Waals surface area contributed by atoms with E-state index in [-0.39, 0.29) is 11.8 Å². The molecule has 0 saturated carbocycles.